The fraction of sp³-hybridized carbons (Fsp3) is 0.320. The molecule has 6 nitrogen and oxygen atoms in total. The van der Waals surface area contributed by atoms with Gasteiger partial charge < -0.3 is 4.74 Å². The van der Waals surface area contributed by atoms with Crippen LogP contribution < -0.4 is 4.74 Å². The third-order valence-corrected chi connectivity index (χ3v) is 6.33. The van der Waals surface area contributed by atoms with E-state index in [1.54, 1.807) is 25.4 Å². The van der Waals surface area contributed by atoms with Crippen LogP contribution in [0, 0.1) is 18.7 Å². The number of aromatic nitrogens is 5. The average molecular weight is 546 g/mol. The van der Waals surface area contributed by atoms with E-state index < -0.39 is 12.2 Å². The molecule has 0 bridgehead atoms. The molecular weight excluding hydrogens is 523 g/mol. The van der Waals surface area contributed by atoms with E-state index in [0.717, 1.165) is 16.6 Å². The van der Waals surface area contributed by atoms with E-state index in [4.69, 9.17) is 4.74 Å². The normalized spacial score (nSPS) is 13.5. The molecule has 0 spiro atoms. The van der Waals surface area contributed by atoms with Gasteiger partial charge in [-0.3, -0.25) is 9.67 Å². The highest BCUT2D eigenvalue weighted by Crippen LogP contribution is 2.31. The molecule has 1 saturated carbocycles. The molecule has 1 aliphatic rings. The van der Waals surface area contributed by atoms with Gasteiger partial charge in [-0.2, -0.15) is 10.2 Å². The fourth-order valence-corrected chi connectivity index (χ4v) is 4.23. The van der Waals surface area contributed by atoms with Gasteiger partial charge in [-0.05, 0) is 77.5 Å². The fourth-order valence-electron chi connectivity index (χ4n) is 3.92. The van der Waals surface area contributed by atoms with E-state index in [9.17, 15) is 13.2 Å². The van der Waals surface area contributed by atoms with Crippen molar-refractivity contribution in [1.29, 1.82) is 0 Å². The van der Waals surface area contributed by atoms with E-state index in [1.165, 1.54) is 41.8 Å². The van der Waals surface area contributed by atoms with Crippen LogP contribution in [-0.2, 0) is 19.6 Å². The molecule has 35 heavy (non-hydrogen) atoms. The molecule has 1 fully saturated rings. The zero-order valence-corrected chi connectivity index (χ0v) is 20.6. The van der Waals surface area contributed by atoms with Crippen LogP contribution in [0.2, 0.25) is 0 Å². The Labute approximate surface area is 208 Å². The molecule has 3 aromatic heterocycles. The van der Waals surface area contributed by atoms with E-state index in [1.807, 2.05) is 10.9 Å². The predicted molar refractivity (Wildman–Crippen MR) is 127 cm³/mol. The Morgan fingerprint density at radius 2 is 2.00 bits per heavy atom. The Hall–Kier alpha value is -3.14. The largest absolute Gasteiger partial charge is 0.487 e. The molecule has 1 aliphatic carbocycles. The summed E-state index contributed by atoms with van der Waals surface area (Å²) in [6.45, 7) is 2.68. The minimum absolute atomic E-state index is 0.00863. The molecule has 0 saturated heterocycles. The molecule has 10 heteroatoms. The van der Waals surface area contributed by atoms with Gasteiger partial charge in [-0.1, -0.05) is 0 Å². The first-order valence-electron chi connectivity index (χ1n) is 11.3. The number of halogens is 4. The van der Waals surface area contributed by atoms with Crippen molar-refractivity contribution in [2.75, 3.05) is 0 Å². The summed E-state index contributed by atoms with van der Waals surface area (Å²) in [7, 11) is 0. The number of ether oxygens (including phenoxy) is 1. The number of nitrogens with zero attached hydrogens (tertiary/aromatic N) is 5. The first-order valence-corrected chi connectivity index (χ1v) is 12.1. The van der Waals surface area contributed by atoms with Gasteiger partial charge >= 0.3 is 0 Å². The molecule has 4 aromatic rings. The molecule has 0 N–H and O–H groups in total. The third-order valence-electron chi connectivity index (χ3n) is 5.90. The van der Waals surface area contributed by atoms with E-state index >= 15 is 0 Å². The molecule has 5 rings (SSSR count). The summed E-state index contributed by atoms with van der Waals surface area (Å²) >= 11 is 3.37. The van der Waals surface area contributed by atoms with Crippen molar-refractivity contribution in [3.63, 3.8) is 0 Å². The highest BCUT2D eigenvalue weighted by Gasteiger charge is 2.23. The van der Waals surface area contributed by atoms with Crippen LogP contribution in [0.15, 0.2) is 53.4 Å². The Morgan fingerprint density at radius 1 is 1.17 bits per heavy atom. The quantitative estimate of drug-likeness (QED) is 0.251. The van der Waals surface area contributed by atoms with Crippen molar-refractivity contribution in [3.8, 4) is 11.4 Å². The Balaban J connectivity index is 1.46. The first-order chi connectivity index (χ1) is 16.9. The van der Waals surface area contributed by atoms with Gasteiger partial charge in [-0.25, -0.2) is 17.9 Å². The van der Waals surface area contributed by atoms with Crippen LogP contribution in [0.5, 0.6) is 5.75 Å². The number of pyridine rings is 1. The van der Waals surface area contributed by atoms with E-state index in [2.05, 4.69) is 31.1 Å². The minimum Gasteiger partial charge on any atom is -0.487 e. The number of alkyl halides is 2. The summed E-state index contributed by atoms with van der Waals surface area (Å²) < 4.78 is 51.4. The lowest BCUT2D eigenvalue weighted by molar-refractivity contribution is 0.145. The van der Waals surface area contributed by atoms with Crippen molar-refractivity contribution in [2.45, 2.75) is 45.8 Å². The molecule has 0 atom stereocenters. The number of rotatable bonds is 9. The molecule has 1 aromatic carbocycles. The maximum Gasteiger partial charge on any atom is 0.282 e. The lowest BCUT2D eigenvalue weighted by Crippen LogP contribution is -2.09. The van der Waals surface area contributed by atoms with Gasteiger partial charge in [0, 0.05) is 41.1 Å². The minimum atomic E-state index is -2.73. The zero-order valence-electron chi connectivity index (χ0n) is 19.0. The van der Waals surface area contributed by atoms with Gasteiger partial charge in [0.15, 0.2) is 0 Å². The van der Waals surface area contributed by atoms with Crippen molar-refractivity contribution < 1.29 is 17.9 Å². The lowest BCUT2D eigenvalue weighted by atomic mass is 10.1. The second-order valence-electron chi connectivity index (χ2n) is 8.76. The monoisotopic (exact) mass is 545 g/mol. The SMILES string of the molecule is Cc1ncc(Br)cc1OCc1cc(F)ccc1-n1nc(C(F)F)cc1Cc1cnn(CC2CC2)c1. The summed E-state index contributed by atoms with van der Waals surface area (Å²) in [6, 6.07) is 7.31. The van der Waals surface area contributed by atoms with Crippen molar-refractivity contribution in [3.05, 3.63) is 87.4 Å². The van der Waals surface area contributed by atoms with Gasteiger partial charge in [-0.15, -0.1) is 0 Å². The van der Waals surface area contributed by atoms with E-state index in [0.29, 0.717) is 40.7 Å². The smallest absolute Gasteiger partial charge is 0.282 e. The van der Waals surface area contributed by atoms with Crippen LogP contribution in [0.25, 0.3) is 5.69 Å². The summed E-state index contributed by atoms with van der Waals surface area (Å²) in [6.07, 6.45) is 5.40. The summed E-state index contributed by atoms with van der Waals surface area (Å²) in [5, 5.41) is 8.56. The van der Waals surface area contributed by atoms with Gasteiger partial charge in [0.25, 0.3) is 6.43 Å². The standard InChI is InChI=1S/C25H23BrF3N5O/c1-15-24(8-19(26)11-30-15)35-14-18-7-20(27)4-5-23(18)34-21(9-22(32-34)25(28)29)6-17-10-31-33(13-17)12-16-2-3-16/h4-5,7-11,13,16,25H,2-3,6,12,14H2,1H3. The van der Waals surface area contributed by atoms with Crippen LogP contribution in [0.4, 0.5) is 13.2 Å². The second kappa shape index (κ2) is 9.85. The maximum absolute atomic E-state index is 14.2. The van der Waals surface area contributed by atoms with Crippen LogP contribution >= 0.6 is 15.9 Å². The van der Waals surface area contributed by atoms with Gasteiger partial charge in [0.05, 0.1) is 17.6 Å². The Kier molecular flexibility index (Phi) is 6.64. The number of hydrogen-bond donors (Lipinski definition) is 0. The lowest BCUT2D eigenvalue weighted by Gasteiger charge is -2.15. The summed E-state index contributed by atoms with van der Waals surface area (Å²) in [5.74, 6) is 0.747. The highest BCUT2D eigenvalue weighted by atomic mass is 79.9. The van der Waals surface area contributed by atoms with Gasteiger partial charge in [0.2, 0.25) is 0 Å². The molecule has 0 unspecified atom stereocenters. The van der Waals surface area contributed by atoms with Crippen molar-refractivity contribution in [2.24, 2.45) is 5.92 Å². The Morgan fingerprint density at radius 3 is 2.77 bits per heavy atom. The van der Waals surface area contributed by atoms with Crippen LogP contribution in [-0.4, -0.2) is 24.5 Å². The summed E-state index contributed by atoms with van der Waals surface area (Å²) in [4.78, 5) is 4.24. The number of hydrogen-bond acceptors (Lipinski definition) is 4. The molecule has 0 aliphatic heterocycles. The van der Waals surface area contributed by atoms with Gasteiger partial charge in [0.1, 0.15) is 23.9 Å². The molecule has 0 amide bonds. The zero-order chi connectivity index (χ0) is 24.5. The number of aryl methyl sites for hydroxylation is 1. The number of benzene rings is 1. The Bertz CT molecular complexity index is 1350. The summed E-state index contributed by atoms with van der Waals surface area (Å²) in [5.41, 5.74) is 2.73. The predicted octanol–water partition coefficient (Wildman–Crippen LogP) is 6.19. The van der Waals surface area contributed by atoms with Crippen molar-refractivity contribution in [1.82, 2.24) is 24.5 Å². The van der Waals surface area contributed by atoms with E-state index in [-0.39, 0.29) is 12.3 Å². The van der Waals surface area contributed by atoms with Crippen LogP contribution in [0.3, 0.4) is 0 Å². The third kappa shape index (κ3) is 5.58. The van der Waals surface area contributed by atoms with Crippen molar-refractivity contribution >= 4 is 15.9 Å². The molecule has 182 valence electrons. The molecule has 3 heterocycles. The first kappa shape index (κ1) is 23.6. The average Bonchev–Trinajstić information content (AvgIpc) is 3.36. The molecular formula is C25H23BrF3N5O. The van der Waals surface area contributed by atoms with Crippen LogP contribution in [0.1, 0.15) is 47.5 Å². The highest BCUT2D eigenvalue weighted by molar-refractivity contribution is 9.10. The second-order valence-corrected chi connectivity index (χ2v) is 9.68. The topological polar surface area (TPSA) is 57.8 Å². The molecule has 0 radical (unpaired) electrons. The maximum atomic E-state index is 14.2.